The van der Waals surface area contributed by atoms with Gasteiger partial charge in [0.1, 0.15) is 11.5 Å². The minimum atomic E-state index is 0.472. The first kappa shape index (κ1) is 18.7. The maximum Gasteiger partial charge on any atom is 0.171 e. The average Bonchev–Trinajstić information content (AvgIpc) is 2.65. The van der Waals surface area contributed by atoms with Crippen molar-refractivity contribution in [2.75, 3.05) is 33.8 Å². The molecule has 0 aliphatic heterocycles. The van der Waals surface area contributed by atoms with Gasteiger partial charge >= 0.3 is 0 Å². The quantitative estimate of drug-likeness (QED) is 0.734. The van der Waals surface area contributed by atoms with Crippen LogP contribution in [0.3, 0.4) is 0 Å². The fraction of sp³-hybridized carbons (Fsp3) is 0.278. The van der Waals surface area contributed by atoms with E-state index in [1.807, 2.05) is 30.3 Å². The third-order valence-corrected chi connectivity index (χ3v) is 3.80. The van der Waals surface area contributed by atoms with Gasteiger partial charge in [-0.2, -0.15) is 0 Å². The van der Waals surface area contributed by atoms with Gasteiger partial charge in [0.15, 0.2) is 16.6 Å². The number of thiocarbonyl (C=S) groups is 1. The van der Waals surface area contributed by atoms with E-state index in [2.05, 4.69) is 10.6 Å². The highest BCUT2D eigenvalue weighted by Crippen LogP contribution is 2.34. The van der Waals surface area contributed by atoms with E-state index in [1.165, 1.54) is 0 Å². The molecule has 0 saturated heterocycles. The molecule has 0 bridgehead atoms. The molecule has 2 N–H and O–H groups in total. The van der Waals surface area contributed by atoms with Crippen LogP contribution in [0.15, 0.2) is 36.4 Å². The summed E-state index contributed by atoms with van der Waals surface area (Å²) < 4.78 is 21.2. The first-order valence-electron chi connectivity index (χ1n) is 7.59. The Labute approximate surface area is 153 Å². The monoisotopic (exact) mass is 362 g/mol. The summed E-state index contributed by atoms with van der Waals surface area (Å²) in [6.45, 7) is 0.472. The van der Waals surface area contributed by atoms with Crippen LogP contribution >= 0.6 is 12.2 Å². The molecule has 0 aromatic heterocycles. The van der Waals surface area contributed by atoms with Crippen molar-refractivity contribution < 1.29 is 18.9 Å². The average molecular weight is 362 g/mol. The van der Waals surface area contributed by atoms with Crippen molar-refractivity contribution in [2.45, 2.75) is 6.54 Å². The zero-order chi connectivity index (χ0) is 18.2. The van der Waals surface area contributed by atoms with Gasteiger partial charge in [-0.3, -0.25) is 0 Å². The summed E-state index contributed by atoms with van der Waals surface area (Å²) in [7, 11) is 6.41. The normalized spacial score (nSPS) is 9.92. The third-order valence-electron chi connectivity index (χ3n) is 3.55. The first-order valence-corrected chi connectivity index (χ1v) is 8.00. The van der Waals surface area contributed by atoms with Crippen LogP contribution in [0.4, 0.5) is 5.69 Å². The third kappa shape index (κ3) is 4.90. The molecule has 134 valence electrons. The molecule has 0 spiro atoms. The minimum Gasteiger partial charge on any atom is -0.497 e. The Kier molecular flexibility index (Phi) is 6.71. The van der Waals surface area contributed by atoms with E-state index in [4.69, 9.17) is 31.2 Å². The molecule has 0 atom stereocenters. The molecule has 2 aromatic carbocycles. The first-order chi connectivity index (χ1) is 12.1. The van der Waals surface area contributed by atoms with Gasteiger partial charge < -0.3 is 29.6 Å². The van der Waals surface area contributed by atoms with Crippen molar-refractivity contribution in [1.82, 2.24) is 5.32 Å². The van der Waals surface area contributed by atoms with Crippen LogP contribution in [-0.4, -0.2) is 33.6 Å². The molecule has 7 heteroatoms. The summed E-state index contributed by atoms with van der Waals surface area (Å²) in [5.41, 5.74) is 1.74. The van der Waals surface area contributed by atoms with Crippen molar-refractivity contribution in [3.05, 3.63) is 42.0 Å². The fourth-order valence-electron chi connectivity index (χ4n) is 2.28. The minimum absolute atomic E-state index is 0.472. The van der Waals surface area contributed by atoms with Gasteiger partial charge in [-0.1, -0.05) is 6.07 Å². The molecule has 0 saturated carbocycles. The SMILES string of the molecule is COc1cccc(NC(=S)NCc2cc(OC)c(OC)cc2OC)c1. The Morgan fingerprint density at radius 2 is 1.56 bits per heavy atom. The fourth-order valence-corrected chi connectivity index (χ4v) is 2.47. The Morgan fingerprint density at radius 1 is 0.880 bits per heavy atom. The molecule has 0 fully saturated rings. The van der Waals surface area contributed by atoms with Gasteiger partial charge in [0.2, 0.25) is 0 Å². The van der Waals surface area contributed by atoms with E-state index in [0.717, 1.165) is 17.0 Å². The summed E-state index contributed by atoms with van der Waals surface area (Å²) in [5, 5.41) is 6.76. The highest BCUT2D eigenvalue weighted by atomic mass is 32.1. The maximum absolute atomic E-state index is 5.41. The molecule has 0 aliphatic carbocycles. The number of rotatable bonds is 7. The Hall–Kier alpha value is -2.67. The number of hydrogen-bond donors (Lipinski definition) is 2. The predicted octanol–water partition coefficient (Wildman–Crippen LogP) is 3.21. The van der Waals surface area contributed by atoms with Gasteiger partial charge in [-0.15, -0.1) is 0 Å². The standard InChI is InChI=1S/C18H22N2O4S/c1-21-14-7-5-6-13(9-14)20-18(25)19-11-12-8-16(23-3)17(24-4)10-15(12)22-2/h5-10H,11H2,1-4H3,(H2,19,20,25). The van der Waals surface area contributed by atoms with Crippen LogP contribution in [-0.2, 0) is 6.54 Å². The van der Waals surface area contributed by atoms with E-state index < -0.39 is 0 Å². The second-order valence-electron chi connectivity index (χ2n) is 5.06. The number of benzene rings is 2. The largest absolute Gasteiger partial charge is 0.497 e. The van der Waals surface area contributed by atoms with Crippen molar-refractivity contribution in [3.8, 4) is 23.0 Å². The highest BCUT2D eigenvalue weighted by molar-refractivity contribution is 7.80. The highest BCUT2D eigenvalue weighted by Gasteiger charge is 2.12. The summed E-state index contributed by atoms with van der Waals surface area (Å²) in [6.07, 6.45) is 0. The molecule has 0 aliphatic rings. The second-order valence-corrected chi connectivity index (χ2v) is 5.47. The van der Waals surface area contributed by atoms with Crippen LogP contribution in [0.25, 0.3) is 0 Å². The zero-order valence-corrected chi connectivity index (χ0v) is 15.5. The lowest BCUT2D eigenvalue weighted by Gasteiger charge is -2.16. The van der Waals surface area contributed by atoms with Gasteiger partial charge in [-0.05, 0) is 30.4 Å². The van der Waals surface area contributed by atoms with E-state index in [-0.39, 0.29) is 0 Å². The molecule has 0 amide bonds. The van der Waals surface area contributed by atoms with Crippen LogP contribution in [0.5, 0.6) is 23.0 Å². The number of nitrogens with one attached hydrogen (secondary N) is 2. The number of ether oxygens (including phenoxy) is 4. The Morgan fingerprint density at radius 3 is 2.20 bits per heavy atom. The Balaban J connectivity index is 2.05. The summed E-state index contributed by atoms with van der Waals surface area (Å²) in [6, 6.07) is 11.2. The number of anilines is 1. The van der Waals surface area contributed by atoms with E-state index in [9.17, 15) is 0 Å². The van der Waals surface area contributed by atoms with Crippen LogP contribution in [0, 0.1) is 0 Å². The van der Waals surface area contributed by atoms with Gasteiger partial charge in [-0.25, -0.2) is 0 Å². The van der Waals surface area contributed by atoms with Crippen LogP contribution < -0.4 is 29.6 Å². The topological polar surface area (TPSA) is 61.0 Å². The molecule has 0 heterocycles. The molecule has 2 rings (SSSR count). The van der Waals surface area contributed by atoms with Crippen molar-refractivity contribution in [1.29, 1.82) is 0 Å². The maximum atomic E-state index is 5.41. The van der Waals surface area contributed by atoms with Gasteiger partial charge in [0, 0.05) is 29.9 Å². The lowest BCUT2D eigenvalue weighted by Crippen LogP contribution is -2.28. The lowest BCUT2D eigenvalue weighted by atomic mass is 10.1. The summed E-state index contributed by atoms with van der Waals surface area (Å²) >= 11 is 5.34. The van der Waals surface area contributed by atoms with Crippen molar-refractivity contribution in [2.24, 2.45) is 0 Å². The molecular formula is C18H22N2O4S. The molecule has 0 radical (unpaired) electrons. The Bertz CT molecular complexity index is 737. The molecule has 0 unspecified atom stereocenters. The smallest absolute Gasteiger partial charge is 0.171 e. The van der Waals surface area contributed by atoms with E-state index >= 15 is 0 Å². The van der Waals surface area contributed by atoms with Gasteiger partial charge in [0.05, 0.1) is 28.4 Å². The van der Waals surface area contributed by atoms with Crippen LogP contribution in [0.2, 0.25) is 0 Å². The molecule has 2 aromatic rings. The molecule has 25 heavy (non-hydrogen) atoms. The number of methoxy groups -OCH3 is 4. The van der Waals surface area contributed by atoms with Gasteiger partial charge in [0.25, 0.3) is 0 Å². The lowest BCUT2D eigenvalue weighted by molar-refractivity contribution is 0.347. The van der Waals surface area contributed by atoms with E-state index in [1.54, 1.807) is 34.5 Å². The van der Waals surface area contributed by atoms with E-state index in [0.29, 0.717) is 28.9 Å². The second kappa shape index (κ2) is 8.98. The summed E-state index contributed by atoms with van der Waals surface area (Å²) in [4.78, 5) is 0. The predicted molar refractivity (Wildman–Crippen MR) is 102 cm³/mol. The van der Waals surface area contributed by atoms with Crippen molar-refractivity contribution >= 4 is 23.0 Å². The molecule has 6 nitrogen and oxygen atoms in total. The van der Waals surface area contributed by atoms with Crippen molar-refractivity contribution in [3.63, 3.8) is 0 Å². The molecular weight excluding hydrogens is 340 g/mol. The number of hydrogen-bond acceptors (Lipinski definition) is 5. The summed E-state index contributed by atoms with van der Waals surface area (Å²) in [5.74, 6) is 2.69. The zero-order valence-electron chi connectivity index (χ0n) is 14.7. The van der Waals surface area contributed by atoms with Crippen LogP contribution in [0.1, 0.15) is 5.56 Å².